The summed E-state index contributed by atoms with van der Waals surface area (Å²) in [5, 5.41) is 14.8. The number of nitrogens with zero attached hydrogens (tertiary/aromatic N) is 4. The van der Waals surface area contributed by atoms with Gasteiger partial charge in [-0.2, -0.15) is 5.10 Å². The summed E-state index contributed by atoms with van der Waals surface area (Å²) in [5.41, 5.74) is 2.64. The predicted octanol–water partition coefficient (Wildman–Crippen LogP) is 2.31. The number of amides is 1. The molecule has 0 spiro atoms. The van der Waals surface area contributed by atoms with Crippen LogP contribution in [0.3, 0.4) is 0 Å². The number of rotatable bonds is 5. The minimum Gasteiger partial charge on any atom is -0.338 e. The van der Waals surface area contributed by atoms with E-state index in [2.05, 4.69) is 5.10 Å². The summed E-state index contributed by atoms with van der Waals surface area (Å²) in [6.45, 7) is 2.38. The van der Waals surface area contributed by atoms with Gasteiger partial charge in [0.15, 0.2) is 0 Å². The van der Waals surface area contributed by atoms with Crippen LogP contribution in [-0.2, 0) is 18.4 Å². The summed E-state index contributed by atoms with van der Waals surface area (Å²) in [4.78, 5) is 23.8. The summed E-state index contributed by atoms with van der Waals surface area (Å²) in [5.74, 6) is -0.147. The number of non-ortho nitro benzene ring substituents is 1. The first-order valence-electron chi connectivity index (χ1n) is 7.03. The highest BCUT2D eigenvalue weighted by Crippen LogP contribution is 2.13. The number of likely N-dealkylation sites (N-methyl/N-ethyl adjacent to an activating group) is 1. The number of nitro groups is 1. The Balaban J connectivity index is 1.99. The number of hydrogen-bond donors (Lipinski definition) is 0. The van der Waals surface area contributed by atoms with Gasteiger partial charge in [-0.3, -0.25) is 19.6 Å². The molecule has 0 atom stereocenters. The van der Waals surface area contributed by atoms with Gasteiger partial charge < -0.3 is 4.90 Å². The van der Waals surface area contributed by atoms with Crippen molar-refractivity contribution in [2.24, 2.45) is 7.05 Å². The van der Waals surface area contributed by atoms with Crippen LogP contribution in [0.1, 0.15) is 16.8 Å². The lowest BCUT2D eigenvalue weighted by molar-refractivity contribution is -0.384. The molecule has 1 aromatic carbocycles. The molecule has 1 heterocycles. The van der Waals surface area contributed by atoms with Crippen molar-refractivity contribution in [1.29, 1.82) is 0 Å². The molecule has 1 aromatic heterocycles. The van der Waals surface area contributed by atoms with Gasteiger partial charge in [0.05, 0.1) is 10.6 Å². The Kier molecular flexibility index (Phi) is 4.90. The lowest BCUT2D eigenvalue weighted by Gasteiger charge is -2.14. The Hall–Kier alpha value is -2.96. The second-order valence-corrected chi connectivity index (χ2v) is 5.29. The lowest BCUT2D eigenvalue weighted by atomic mass is 10.2. The maximum atomic E-state index is 12.1. The topological polar surface area (TPSA) is 81.3 Å². The van der Waals surface area contributed by atoms with E-state index in [1.807, 2.05) is 20.2 Å². The SMILES string of the molecule is Cc1nn(C)cc1CN(C)C(=O)/C=C/c1ccc([N+](=O)[O-])cc1. The largest absolute Gasteiger partial charge is 0.338 e. The number of hydrogen-bond acceptors (Lipinski definition) is 4. The number of carbonyl (C=O) groups excluding carboxylic acids is 1. The van der Waals surface area contributed by atoms with Crippen LogP contribution >= 0.6 is 0 Å². The summed E-state index contributed by atoms with van der Waals surface area (Å²) >= 11 is 0. The maximum Gasteiger partial charge on any atom is 0.269 e. The Bertz CT molecular complexity index is 747. The molecule has 7 heteroatoms. The molecule has 0 N–H and O–H groups in total. The second kappa shape index (κ2) is 6.87. The molecular weight excluding hydrogens is 296 g/mol. The van der Waals surface area contributed by atoms with Crippen molar-refractivity contribution in [2.75, 3.05) is 7.05 Å². The van der Waals surface area contributed by atoms with Gasteiger partial charge in [0, 0.05) is 50.6 Å². The van der Waals surface area contributed by atoms with E-state index in [1.54, 1.807) is 34.8 Å². The molecule has 1 amide bonds. The van der Waals surface area contributed by atoms with Crippen molar-refractivity contribution in [3.8, 4) is 0 Å². The zero-order valence-corrected chi connectivity index (χ0v) is 13.3. The highest BCUT2D eigenvalue weighted by atomic mass is 16.6. The Morgan fingerprint density at radius 3 is 2.57 bits per heavy atom. The van der Waals surface area contributed by atoms with Gasteiger partial charge >= 0.3 is 0 Å². The van der Waals surface area contributed by atoms with Crippen molar-refractivity contribution in [3.05, 3.63) is 63.5 Å². The second-order valence-electron chi connectivity index (χ2n) is 5.29. The minimum absolute atomic E-state index is 0.0256. The summed E-state index contributed by atoms with van der Waals surface area (Å²) in [6.07, 6.45) is 4.98. The average molecular weight is 314 g/mol. The Morgan fingerprint density at radius 2 is 2.04 bits per heavy atom. The quantitative estimate of drug-likeness (QED) is 0.482. The van der Waals surface area contributed by atoms with Crippen molar-refractivity contribution in [2.45, 2.75) is 13.5 Å². The van der Waals surface area contributed by atoms with Crippen molar-refractivity contribution in [3.63, 3.8) is 0 Å². The third-order valence-electron chi connectivity index (χ3n) is 3.42. The van der Waals surface area contributed by atoms with Crippen LogP contribution in [0.4, 0.5) is 5.69 Å². The van der Waals surface area contributed by atoms with E-state index in [1.165, 1.54) is 18.2 Å². The van der Waals surface area contributed by atoms with E-state index in [9.17, 15) is 14.9 Å². The summed E-state index contributed by atoms with van der Waals surface area (Å²) in [6, 6.07) is 6.03. The van der Waals surface area contributed by atoms with Gasteiger partial charge in [-0.1, -0.05) is 0 Å². The highest BCUT2D eigenvalue weighted by molar-refractivity contribution is 5.91. The predicted molar refractivity (Wildman–Crippen MR) is 86.5 cm³/mol. The molecule has 0 unspecified atom stereocenters. The maximum absolute atomic E-state index is 12.1. The molecule has 0 radical (unpaired) electrons. The van der Waals surface area contributed by atoms with Gasteiger partial charge in [0.1, 0.15) is 0 Å². The van der Waals surface area contributed by atoms with Gasteiger partial charge in [-0.25, -0.2) is 0 Å². The zero-order valence-electron chi connectivity index (χ0n) is 13.3. The van der Waals surface area contributed by atoms with Gasteiger partial charge in [0.2, 0.25) is 5.91 Å². The molecule has 2 aromatic rings. The average Bonchev–Trinajstić information content (AvgIpc) is 2.82. The number of aryl methyl sites for hydroxylation is 2. The molecule has 0 saturated carbocycles. The Morgan fingerprint density at radius 1 is 1.39 bits per heavy atom. The van der Waals surface area contributed by atoms with Crippen molar-refractivity contribution < 1.29 is 9.72 Å². The Labute approximate surface area is 134 Å². The molecule has 7 nitrogen and oxygen atoms in total. The lowest BCUT2D eigenvalue weighted by Crippen LogP contribution is -2.24. The van der Waals surface area contributed by atoms with E-state index in [0.717, 1.165) is 16.8 Å². The van der Waals surface area contributed by atoms with E-state index in [4.69, 9.17) is 0 Å². The number of benzene rings is 1. The normalized spacial score (nSPS) is 10.9. The number of aromatic nitrogens is 2. The van der Waals surface area contributed by atoms with E-state index in [0.29, 0.717) is 6.54 Å². The highest BCUT2D eigenvalue weighted by Gasteiger charge is 2.10. The molecular formula is C16H18N4O3. The minimum atomic E-state index is -0.456. The molecule has 0 aliphatic carbocycles. The van der Waals surface area contributed by atoms with E-state index in [-0.39, 0.29) is 11.6 Å². The first-order valence-corrected chi connectivity index (χ1v) is 7.03. The smallest absolute Gasteiger partial charge is 0.269 e. The third-order valence-corrected chi connectivity index (χ3v) is 3.42. The molecule has 0 bridgehead atoms. The number of nitro benzene ring substituents is 1. The van der Waals surface area contributed by atoms with Gasteiger partial charge in [-0.05, 0) is 30.7 Å². The number of carbonyl (C=O) groups is 1. The molecule has 23 heavy (non-hydrogen) atoms. The van der Waals surface area contributed by atoms with Crippen molar-refractivity contribution >= 4 is 17.7 Å². The van der Waals surface area contributed by atoms with Crippen LogP contribution in [0.2, 0.25) is 0 Å². The van der Waals surface area contributed by atoms with Crippen molar-refractivity contribution in [1.82, 2.24) is 14.7 Å². The van der Waals surface area contributed by atoms with E-state index >= 15 is 0 Å². The monoisotopic (exact) mass is 314 g/mol. The van der Waals surface area contributed by atoms with Crippen LogP contribution in [-0.4, -0.2) is 32.6 Å². The molecule has 0 aliphatic heterocycles. The molecule has 0 fully saturated rings. The molecule has 0 saturated heterocycles. The molecule has 120 valence electrons. The van der Waals surface area contributed by atoms with E-state index < -0.39 is 4.92 Å². The fourth-order valence-electron chi connectivity index (χ4n) is 2.14. The first kappa shape index (κ1) is 16.4. The third kappa shape index (κ3) is 4.26. The standard InChI is InChI=1S/C16H18N4O3/c1-12-14(11-19(3)17-12)10-18(2)16(21)9-6-13-4-7-15(8-5-13)20(22)23/h4-9,11H,10H2,1-3H3/b9-6+. The van der Waals surface area contributed by atoms with Crippen LogP contribution in [0.15, 0.2) is 36.5 Å². The van der Waals surface area contributed by atoms with Crippen LogP contribution in [0.25, 0.3) is 6.08 Å². The van der Waals surface area contributed by atoms with Gasteiger partial charge in [0.25, 0.3) is 5.69 Å². The van der Waals surface area contributed by atoms with Crippen LogP contribution < -0.4 is 0 Å². The van der Waals surface area contributed by atoms with Gasteiger partial charge in [-0.15, -0.1) is 0 Å². The molecule has 0 aliphatic rings. The first-order chi connectivity index (χ1) is 10.9. The fourth-order valence-corrected chi connectivity index (χ4v) is 2.14. The zero-order chi connectivity index (χ0) is 17.0. The molecule has 2 rings (SSSR count). The van der Waals surface area contributed by atoms with Crippen LogP contribution in [0.5, 0.6) is 0 Å². The fraction of sp³-hybridized carbons (Fsp3) is 0.250. The summed E-state index contributed by atoms with van der Waals surface area (Å²) in [7, 11) is 3.56. The van der Waals surface area contributed by atoms with Crippen LogP contribution in [0, 0.1) is 17.0 Å². The summed E-state index contributed by atoms with van der Waals surface area (Å²) < 4.78 is 1.72.